The minimum atomic E-state index is 0. The van der Waals surface area contributed by atoms with E-state index < -0.39 is 0 Å². The molecule has 1 aromatic carbocycles. The van der Waals surface area contributed by atoms with Crippen molar-refractivity contribution in [2.24, 2.45) is 10.7 Å². The van der Waals surface area contributed by atoms with E-state index in [4.69, 9.17) is 5.73 Å². The van der Waals surface area contributed by atoms with Crippen molar-refractivity contribution in [3.63, 3.8) is 0 Å². The van der Waals surface area contributed by atoms with Crippen LogP contribution >= 0.6 is 39.9 Å². The molecule has 0 heterocycles. The largest absolute Gasteiger partial charge is 0.370 e. The van der Waals surface area contributed by atoms with E-state index in [2.05, 4.69) is 32.8 Å². The highest BCUT2D eigenvalue weighted by atomic mass is 127. The summed E-state index contributed by atoms with van der Waals surface area (Å²) in [5.74, 6) is 0.447. The van der Waals surface area contributed by atoms with Crippen LogP contribution in [0.1, 0.15) is 12.5 Å². The fraction of sp³-hybridized carbons (Fsp3) is 0.250. The highest BCUT2D eigenvalue weighted by Gasteiger charge is 1.94. The first-order chi connectivity index (χ1) is 7.58. The minimum absolute atomic E-state index is 0. The lowest BCUT2D eigenvalue weighted by atomic mass is 10.2. The van der Waals surface area contributed by atoms with Crippen molar-refractivity contribution < 1.29 is 0 Å². The molecule has 0 spiro atoms. The van der Waals surface area contributed by atoms with Gasteiger partial charge in [0.1, 0.15) is 0 Å². The number of guanidine groups is 1. The number of nitrogens with two attached hydrogens (primary N) is 1. The molecular formula is C12H17BrIN3. The number of aliphatic imine (C=N–C) groups is 1. The van der Waals surface area contributed by atoms with Crippen molar-refractivity contribution in [1.82, 2.24) is 5.32 Å². The van der Waals surface area contributed by atoms with Crippen LogP contribution < -0.4 is 11.1 Å². The third-order valence-electron chi connectivity index (χ3n) is 1.89. The van der Waals surface area contributed by atoms with E-state index >= 15 is 0 Å². The van der Waals surface area contributed by atoms with Crippen molar-refractivity contribution in [3.05, 3.63) is 46.5 Å². The van der Waals surface area contributed by atoms with Crippen LogP contribution in [0.25, 0.3) is 0 Å². The molecule has 0 aliphatic heterocycles. The molecular weight excluding hydrogens is 393 g/mol. The monoisotopic (exact) mass is 409 g/mol. The van der Waals surface area contributed by atoms with Crippen LogP contribution in [-0.4, -0.2) is 12.5 Å². The summed E-state index contributed by atoms with van der Waals surface area (Å²) in [4.78, 5) is 4.23. The molecule has 17 heavy (non-hydrogen) atoms. The summed E-state index contributed by atoms with van der Waals surface area (Å²) < 4.78 is 1.05. The van der Waals surface area contributed by atoms with Crippen LogP contribution in [0.5, 0.6) is 0 Å². The molecule has 5 heteroatoms. The third-order valence-corrected chi connectivity index (χ3v) is 2.39. The highest BCUT2D eigenvalue weighted by Crippen LogP contribution is 2.12. The van der Waals surface area contributed by atoms with E-state index in [1.807, 2.05) is 31.2 Å². The highest BCUT2D eigenvalue weighted by molar-refractivity contribution is 14.0. The average molecular weight is 410 g/mol. The Bertz CT molecular complexity index is 404. The van der Waals surface area contributed by atoms with Crippen molar-refractivity contribution in [3.8, 4) is 0 Å². The second-order valence-corrected chi connectivity index (χ2v) is 4.56. The van der Waals surface area contributed by atoms with E-state index in [-0.39, 0.29) is 24.0 Å². The fourth-order valence-corrected chi connectivity index (χ4v) is 1.56. The molecule has 0 saturated heterocycles. The summed E-state index contributed by atoms with van der Waals surface area (Å²) in [7, 11) is 0. The number of halogens is 2. The number of rotatable bonds is 4. The average Bonchev–Trinajstić information content (AvgIpc) is 2.23. The van der Waals surface area contributed by atoms with Crippen molar-refractivity contribution in [1.29, 1.82) is 0 Å². The molecule has 0 amide bonds. The molecule has 0 aromatic heterocycles. The second-order valence-electron chi connectivity index (χ2n) is 3.64. The van der Waals surface area contributed by atoms with Crippen LogP contribution in [0.15, 0.2) is 45.9 Å². The van der Waals surface area contributed by atoms with Gasteiger partial charge in [0.15, 0.2) is 5.96 Å². The summed E-state index contributed by atoms with van der Waals surface area (Å²) in [5.41, 5.74) is 7.84. The van der Waals surface area contributed by atoms with Gasteiger partial charge in [0.2, 0.25) is 0 Å². The topological polar surface area (TPSA) is 50.4 Å². The van der Waals surface area contributed by atoms with Crippen LogP contribution in [0.2, 0.25) is 0 Å². The smallest absolute Gasteiger partial charge is 0.189 e. The molecule has 0 bridgehead atoms. The molecule has 0 fully saturated rings. The Morgan fingerprint density at radius 3 is 2.82 bits per heavy atom. The summed E-state index contributed by atoms with van der Waals surface area (Å²) >= 11 is 3.41. The molecule has 0 unspecified atom stereocenters. The number of hydrogen-bond acceptors (Lipinski definition) is 1. The molecule has 3 nitrogen and oxygen atoms in total. The van der Waals surface area contributed by atoms with Crippen LogP contribution in [0, 0.1) is 0 Å². The quantitative estimate of drug-likeness (QED) is 0.347. The SMILES string of the molecule is C=C(C)CNC(N)=NCc1cccc(Br)c1.I. The Morgan fingerprint density at radius 2 is 2.24 bits per heavy atom. The van der Waals surface area contributed by atoms with Gasteiger partial charge in [0.25, 0.3) is 0 Å². The van der Waals surface area contributed by atoms with Gasteiger partial charge in [-0.05, 0) is 24.6 Å². The number of hydrogen-bond donors (Lipinski definition) is 2. The zero-order valence-electron chi connectivity index (χ0n) is 9.74. The molecule has 0 saturated carbocycles. The van der Waals surface area contributed by atoms with Crippen LogP contribution in [0.3, 0.4) is 0 Å². The van der Waals surface area contributed by atoms with Crippen molar-refractivity contribution in [2.45, 2.75) is 13.5 Å². The number of nitrogens with zero attached hydrogens (tertiary/aromatic N) is 1. The molecule has 1 aromatic rings. The molecule has 0 atom stereocenters. The van der Waals surface area contributed by atoms with Gasteiger partial charge in [-0.15, -0.1) is 24.0 Å². The van der Waals surface area contributed by atoms with Crippen LogP contribution in [-0.2, 0) is 6.54 Å². The van der Waals surface area contributed by atoms with Crippen LogP contribution in [0.4, 0.5) is 0 Å². The van der Waals surface area contributed by atoms with E-state index in [1.165, 1.54) is 0 Å². The summed E-state index contributed by atoms with van der Waals surface area (Å²) in [6.07, 6.45) is 0. The van der Waals surface area contributed by atoms with E-state index in [0.717, 1.165) is 15.6 Å². The first-order valence-electron chi connectivity index (χ1n) is 5.00. The minimum Gasteiger partial charge on any atom is -0.370 e. The maximum atomic E-state index is 5.69. The standard InChI is InChI=1S/C12H16BrN3.HI/c1-9(2)7-15-12(14)16-8-10-4-3-5-11(13)6-10;/h3-6H,1,7-8H2,2H3,(H3,14,15,16);1H. The van der Waals surface area contributed by atoms with Crippen molar-refractivity contribution in [2.75, 3.05) is 6.54 Å². The Hall–Kier alpha value is -0.560. The zero-order chi connectivity index (χ0) is 12.0. The maximum Gasteiger partial charge on any atom is 0.189 e. The van der Waals surface area contributed by atoms with E-state index in [0.29, 0.717) is 19.0 Å². The van der Waals surface area contributed by atoms with Gasteiger partial charge in [-0.3, -0.25) is 0 Å². The number of nitrogens with one attached hydrogen (secondary N) is 1. The van der Waals surface area contributed by atoms with Crippen molar-refractivity contribution >= 4 is 45.9 Å². The second kappa shape index (κ2) is 8.52. The molecule has 0 aliphatic carbocycles. The van der Waals surface area contributed by atoms with Gasteiger partial charge in [-0.1, -0.05) is 40.2 Å². The van der Waals surface area contributed by atoms with Gasteiger partial charge in [0.05, 0.1) is 6.54 Å². The summed E-state index contributed by atoms with van der Waals surface area (Å²) in [6.45, 7) is 6.96. The van der Waals surface area contributed by atoms with E-state index in [1.54, 1.807) is 0 Å². The molecule has 0 radical (unpaired) electrons. The molecule has 94 valence electrons. The van der Waals surface area contributed by atoms with Gasteiger partial charge in [-0.2, -0.15) is 0 Å². The Kier molecular flexibility index (Phi) is 8.24. The lowest BCUT2D eigenvalue weighted by Gasteiger charge is -2.04. The summed E-state index contributed by atoms with van der Waals surface area (Å²) in [5, 5.41) is 2.98. The molecule has 3 N–H and O–H groups in total. The van der Waals surface area contributed by atoms with Gasteiger partial charge < -0.3 is 11.1 Å². The first kappa shape index (κ1) is 16.4. The lowest BCUT2D eigenvalue weighted by Crippen LogP contribution is -2.32. The molecule has 1 rings (SSSR count). The Labute approximate surface area is 128 Å². The Balaban J connectivity index is 0.00000256. The predicted octanol–water partition coefficient (Wildman–Crippen LogP) is 3.05. The number of benzene rings is 1. The van der Waals surface area contributed by atoms with Gasteiger partial charge >= 0.3 is 0 Å². The lowest BCUT2D eigenvalue weighted by molar-refractivity contribution is 0.940. The predicted molar refractivity (Wildman–Crippen MR) is 87.7 cm³/mol. The fourth-order valence-electron chi connectivity index (χ4n) is 1.11. The third kappa shape index (κ3) is 7.38. The van der Waals surface area contributed by atoms with Gasteiger partial charge in [0, 0.05) is 11.0 Å². The van der Waals surface area contributed by atoms with E-state index in [9.17, 15) is 0 Å². The zero-order valence-corrected chi connectivity index (χ0v) is 13.7. The maximum absolute atomic E-state index is 5.69. The van der Waals surface area contributed by atoms with Gasteiger partial charge in [-0.25, -0.2) is 4.99 Å². The first-order valence-corrected chi connectivity index (χ1v) is 5.80. The molecule has 0 aliphatic rings. The summed E-state index contributed by atoms with van der Waals surface area (Å²) in [6, 6.07) is 8.00. The normalized spacial score (nSPS) is 10.6. The Morgan fingerprint density at radius 1 is 1.53 bits per heavy atom.